The smallest absolute Gasteiger partial charge is 0.303 e. The van der Waals surface area contributed by atoms with Crippen molar-refractivity contribution in [1.82, 2.24) is 0 Å². The number of rotatable bonds is 1. The molecule has 1 saturated heterocycles. The zero-order valence-electron chi connectivity index (χ0n) is 16.7. The number of hydrogen-bond donors (Lipinski definition) is 3. The summed E-state index contributed by atoms with van der Waals surface area (Å²) < 4.78 is 11.1. The second-order valence-corrected chi connectivity index (χ2v) is 8.48. The molecule has 2 aliphatic heterocycles. The summed E-state index contributed by atoms with van der Waals surface area (Å²) in [5.74, 6) is -2.59. The van der Waals surface area contributed by atoms with Crippen molar-refractivity contribution < 1.29 is 39.2 Å². The van der Waals surface area contributed by atoms with Gasteiger partial charge in [0.2, 0.25) is 0 Å². The van der Waals surface area contributed by atoms with E-state index in [4.69, 9.17) is 9.47 Å². The van der Waals surface area contributed by atoms with Crippen LogP contribution in [-0.4, -0.2) is 56.8 Å². The highest BCUT2D eigenvalue weighted by molar-refractivity contribution is 6.30. The molecule has 3 aliphatic carbocycles. The predicted octanol–water partition coefficient (Wildman–Crippen LogP) is 1.51. The highest BCUT2D eigenvalue weighted by Gasteiger charge is 2.63. The van der Waals surface area contributed by atoms with Gasteiger partial charge in [-0.1, -0.05) is 0 Å². The molecule has 30 heavy (non-hydrogen) atoms. The number of benzene rings is 1. The van der Waals surface area contributed by atoms with Gasteiger partial charge in [-0.25, -0.2) is 0 Å². The highest BCUT2D eigenvalue weighted by atomic mass is 16.6. The van der Waals surface area contributed by atoms with Crippen LogP contribution in [0, 0.1) is 0 Å². The first-order valence-electron chi connectivity index (χ1n) is 10.2. The fourth-order valence-corrected chi connectivity index (χ4v) is 5.54. The van der Waals surface area contributed by atoms with Crippen LogP contribution < -0.4 is 0 Å². The van der Waals surface area contributed by atoms with E-state index in [2.05, 4.69) is 0 Å². The van der Waals surface area contributed by atoms with Crippen molar-refractivity contribution in [2.24, 2.45) is 0 Å². The SMILES string of the molecule is CC(=O)O[C@@H]1C[C@H]2O[C@H](C)[C@]1(O)C1=C2C(=O)c2c(O)c3c(c(O)c2C1=O)CCCC3. The lowest BCUT2D eigenvalue weighted by molar-refractivity contribution is -0.220. The Bertz CT molecular complexity index is 1070. The largest absolute Gasteiger partial charge is 0.507 e. The number of aromatic hydroxyl groups is 2. The zero-order chi connectivity index (χ0) is 21.5. The van der Waals surface area contributed by atoms with Crippen LogP contribution in [0.5, 0.6) is 11.5 Å². The first kappa shape index (κ1) is 19.3. The number of ketones is 2. The van der Waals surface area contributed by atoms with Crippen LogP contribution >= 0.6 is 0 Å². The number of phenols is 2. The van der Waals surface area contributed by atoms with Crippen molar-refractivity contribution in [1.29, 1.82) is 0 Å². The van der Waals surface area contributed by atoms with Crippen LogP contribution in [0.25, 0.3) is 0 Å². The van der Waals surface area contributed by atoms with E-state index >= 15 is 0 Å². The number of esters is 1. The van der Waals surface area contributed by atoms with Crippen LogP contribution in [0.3, 0.4) is 0 Å². The first-order chi connectivity index (χ1) is 14.2. The van der Waals surface area contributed by atoms with Gasteiger partial charge >= 0.3 is 5.97 Å². The highest BCUT2D eigenvalue weighted by Crippen LogP contribution is 2.53. The lowest BCUT2D eigenvalue weighted by atomic mass is 9.63. The summed E-state index contributed by atoms with van der Waals surface area (Å²) in [5, 5.41) is 33.3. The Morgan fingerprint density at radius 1 is 1.07 bits per heavy atom. The number of carbonyl (C=O) groups is 3. The molecule has 1 aromatic rings. The number of aliphatic hydroxyl groups is 1. The maximum atomic E-state index is 13.6. The van der Waals surface area contributed by atoms with E-state index in [9.17, 15) is 29.7 Å². The summed E-state index contributed by atoms with van der Waals surface area (Å²) in [5.41, 5.74) is -1.81. The molecule has 8 heteroatoms. The van der Waals surface area contributed by atoms with Crippen LogP contribution in [0.2, 0.25) is 0 Å². The minimum atomic E-state index is -2.03. The number of Topliss-reactive ketones (excluding diaryl/α,β-unsaturated/α-hetero) is 2. The summed E-state index contributed by atoms with van der Waals surface area (Å²) in [6.07, 6.45) is -0.230. The molecule has 0 radical (unpaired) electrons. The molecule has 6 rings (SSSR count). The van der Waals surface area contributed by atoms with Crippen molar-refractivity contribution in [3.05, 3.63) is 33.4 Å². The molecule has 0 spiro atoms. The Balaban J connectivity index is 1.76. The third kappa shape index (κ3) is 2.20. The molecular weight excluding hydrogens is 392 g/mol. The fourth-order valence-electron chi connectivity index (χ4n) is 5.54. The predicted molar refractivity (Wildman–Crippen MR) is 102 cm³/mol. The Hall–Kier alpha value is -2.71. The van der Waals surface area contributed by atoms with E-state index in [0.29, 0.717) is 24.0 Å². The third-order valence-corrected chi connectivity index (χ3v) is 6.90. The molecule has 8 nitrogen and oxygen atoms in total. The van der Waals surface area contributed by atoms with E-state index in [0.717, 1.165) is 12.8 Å². The van der Waals surface area contributed by atoms with Crippen molar-refractivity contribution in [2.75, 3.05) is 0 Å². The minimum absolute atomic E-state index is 0.0191. The van der Waals surface area contributed by atoms with Gasteiger partial charge in [0, 0.05) is 35.6 Å². The van der Waals surface area contributed by atoms with Gasteiger partial charge in [0.1, 0.15) is 17.6 Å². The summed E-state index contributed by atoms with van der Waals surface area (Å²) in [6.45, 7) is 2.75. The van der Waals surface area contributed by atoms with E-state index in [1.807, 2.05) is 0 Å². The van der Waals surface area contributed by atoms with Gasteiger partial charge in [0.25, 0.3) is 0 Å². The average molecular weight is 414 g/mol. The Labute approximate surface area is 172 Å². The van der Waals surface area contributed by atoms with Crippen LogP contribution in [0.15, 0.2) is 11.1 Å². The minimum Gasteiger partial charge on any atom is -0.507 e. The van der Waals surface area contributed by atoms with Gasteiger partial charge in [-0.3, -0.25) is 14.4 Å². The van der Waals surface area contributed by atoms with Gasteiger partial charge in [0.15, 0.2) is 17.2 Å². The molecule has 2 heterocycles. The summed E-state index contributed by atoms with van der Waals surface area (Å²) in [4.78, 5) is 38.6. The zero-order valence-corrected chi connectivity index (χ0v) is 16.7. The lowest BCUT2D eigenvalue weighted by Crippen LogP contribution is -2.67. The van der Waals surface area contributed by atoms with Gasteiger partial charge in [-0.05, 0) is 32.6 Å². The van der Waals surface area contributed by atoms with Crippen molar-refractivity contribution in [3.8, 4) is 11.5 Å². The number of carbonyl (C=O) groups excluding carboxylic acids is 3. The molecule has 3 N–H and O–H groups in total. The number of phenolic OH excluding ortho intramolecular Hbond substituents is 2. The normalized spacial score (nSPS) is 31.9. The molecule has 2 bridgehead atoms. The van der Waals surface area contributed by atoms with Crippen molar-refractivity contribution in [3.63, 3.8) is 0 Å². The lowest BCUT2D eigenvalue weighted by Gasteiger charge is -2.53. The second kappa shape index (κ2) is 6.15. The van der Waals surface area contributed by atoms with Crippen LogP contribution in [-0.2, 0) is 27.1 Å². The van der Waals surface area contributed by atoms with E-state index in [1.165, 1.54) is 6.92 Å². The Morgan fingerprint density at radius 2 is 1.63 bits per heavy atom. The molecule has 1 aromatic carbocycles. The Morgan fingerprint density at radius 3 is 2.20 bits per heavy atom. The Kier molecular flexibility index (Phi) is 3.95. The molecule has 0 saturated carbocycles. The van der Waals surface area contributed by atoms with Crippen molar-refractivity contribution in [2.45, 2.75) is 69.9 Å². The van der Waals surface area contributed by atoms with E-state index in [1.54, 1.807) is 6.92 Å². The topological polar surface area (TPSA) is 130 Å². The van der Waals surface area contributed by atoms with Gasteiger partial charge in [-0.2, -0.15) is 0 Å². The maximum Gasteiger partial charge on any atom is 0.303 e. The monoisotopic (exact) mass is 414 g/mol. The fraction of sp³-hybridized carbons (Fsp3) is 0.500. The van der Waals surface area contributed by atoms with E-state index < -0.39 is 41.4 Å². The van der Waals surface area contributed by atoms with Crippen molar-refractivity contribution >= 4 is 17.5 Å². The third-order valence-electron chi connectivity index (χ3n) is 6.90. The molecule has 1 fully saturated rings. The van der Waals surface area contributed by atoms with Gasteiger partial charge < -0.3 is 24.8 Å². The van der Waals surface area contributed by atoms with Gasteiger partial charge in [0.05, 0.1) is 23.3 Å². The van der Waals surface area contributed by atoms with Crippen LogP contribution in [0.4, 0.5) is 0 Å². The molecule has 5 aliphatic rings. The average Bonchev–Trinajstić information content (AvgIpc) is 2.69. The first-order valence-corrected chi connectivity index (χ1v) is 10.2. The number of hydrogen-bond acceptors (Lipinski definition) is 8. The van der Waals surface area contributed by atoms with Crippen LogP contribution in [0.1, 0.15) is 65.0 Å². The molecular formula is C22H22O8. The summed E-state index contributed by atoms with van der Waals surface area (Å²) >= 11 is 0. The molecule has 4 atom stereocenters. The molecule has 0 aromatic heterocycles. The quantitative estimate of drug-likeness (QED) is 0.466. The summed E-state index contributed by atoms with van der Waals surface area (Å²) in [6, 6.07) is 0. The molecule has 0 unspecified atom stereocenters. The molecule has 0 amide bonds. The number of ether oxygens (including phenoxy) is 2. The summed E-state index contributed by atoms with van der Waals surface area (Å²) in [7, 11) is 0. The van der Waals surface area contributed by atoms with E-state index in [-0.39, 0.29) is 40.2 Å². The number of fused-ring (bicyclic) bond motifs is 4. The maximum absolute atomic E-state index is 13.6. The molecule has 158 valence electrons. The standard InChI is InChI=1S/C22H22O8/c1-8-22(28)13(30-9(2)23)7-12(29-8)14-17(22)21(27)16-15(20(14)26)18(24)10-5-3-4-6-11(10)19(16)25/h8,12-13,24-25,28H,3-7H2,1-2H3/t8-,12-,13-,22-/m1/s1. The second-order valence-electron chi connectivity index (χ2n) is 8.48. The van der Waals surface area contributed by atoms with Gasteiger partial charge in [-0.15, -0.1) is 0 Å².